The van der Waals surface area contributed by atoms with Crippen molar-refractivity contribution in [3.63, 3.8) is 0 Å². The molecule has 2 fully saturated rings. The zero-order valence-corrected chi connectivity index (χ0v) is 18.8. The molecule has 30 heavy (non-hydrogen) atoms. The van der Waals surface area contributed by atoms with E-state index in [9.17, 15) is 9.59 Å². The molecule has 0 bridgehead atoms. The molecule has 4 heterocycles. The van der Waals surface area contributed by atoms with Crippen molar-refractivity contribution in [2.45, 2.75) is 20.3 Å². The van der Waals surface area contributed by atoms with Crippen LogP contribution in [0.1, 0.15) is 25.8 Å². The van der Waals surface area contributed by atoms with Gasteiger partial charge < -0.3 is 9.80 Å². The van der Waals surface area contributed by atoms with Gasteiger partial charge in [-0.15, -0.1) is 0 Å². The van der Waals surface area contributed by atoms with E-state index in [0.717, 1.165) is 39.1 Å². The van der Waals surface area contributed by atoms with Crippen LogP contribution in [-0.2, 0) is 4.79 Å². The maximum atomic E-state index is 13.4. The van der Waals surface area contributed by atoms with E-state index in [4.69, 9.17) is 17.2 Å². The highest BCUT2D eigenvalue weighted by Gasteiger charge is 2.32. The highest BCUT2D eigenvalue weighted by Crippen LogP contribution is 2.33. The molecule has 158 valence electrons. The third kappa shape index (κ3) is 3.89. The Morgan fingerprint density at radius 3 is 2.63 bits per heavy atom. The van der Waals surface area contributed by atoms with Gasteiger partial charge in [-0.2, -0.15) is 0 Å². The number of hydrogen-bond acceptors (Lipinski definition) is 7. The van der Waals surface area contributed by atoms with Gasteiger partial charge in [0.25, 0.3) is 11.5 Å². The van der Waals surface area contributed by atoms with E-state index < -0.39 is 0 Å². The molecule has 2 aromatic heterocycles. The molecular formula is C21H25N5O2S2. The highest BCUT2D eigenvalue weighted by molar-refractivity contribution is 8.26. The van der Waals surface area contributed by atoms with Gasteiger partial charge >= 0.3 is 0 Å². The molecule has 7 nitrogen and oxygen atoms in total. The van der Waals surface area contributed by atoms with Crippen molar-refractivity contribution in [1.82, 2.24) is 19.2 Å². The Hall–Kier alpha value is -2.23. The molecule has 0 aliphatic carbocycles. The number of thioether (sulfide) groups is 1. The second-order valence-corrected chi connectivity index (χ2v) is 9.01. The molecule has 1 amide bonds. The third-order valence-electron chi connectivity index (χ3n) is 5.46. The van der Waals surface area contributed by atoms with Crippen LogP contribution in [0.3, 0.4) is 0 Å². The Balaban J connectivity index is 1.80. The number of fused-ring (bicyclic) bond motifs is 1. The molecule has 0 saturated carbocycles. The number of hydrogen-bond donors (Lipinski definition) is 0. The Morgan fingerprint density at radius 1 is 1.17 bits per heavy atom. The Bertz CT molecular complexity index is 1070. The minimum Gasteiger partial charge on any atom is -0.353 e. The average molecular weight is 444 g/mol. The summed E-state index contributed by atoms with van der Waals surface area (Å²) in [6.07, 6.45) is 4.22. The number of pyridine rings is 1. The fourth-order valence-corrected chi connectivity index (χ4v) is 5.07. The molecule has 2 saturated heterocycles. The summed E-state index contributed by atoms with van der Waals surface area (Å²) in [6, 6.07) is 5.51. The van der Waals surface area contributed by atoms with E-state index in [-0.39, 0.29) is 11.5 Å². The number of carbonyl (C=O) groups is 1. The number of anilines is 1. The van der Waals surface area contributed by atoms with Gasteiger partial charge in [0.1, 0.15) is 15.8 Å². The summed E-state index contributed by atoms with van der Waals surface area (Å²) in [5, 5.41) is 0. The molecule has 0 unspecified atom stereocenters. The van der Waals surface area contributed by atoms with E-state index in [0.29, 0.717) is 32.8 Å². The lowest BCUT2D eigenvalue weighted by Crippen LogP contribution is -2.47. The first-order valence-electron chi connectivity index (χ1n) is 10.3. The number of aromatic nitrogens is 2. The van der Waals surface area contributed by atoms with Crippen LogP contribution in [-0.4, -0.2) is 68.7 Å². The summed E-state index contributed by atoms with van der Waals surface area (Å²) in [6.45, 7) is 9.18. The van der Waals surface area contributed by atoms with Gasteiger partial charge in [0.2, 0.25) is 0 Å². The number of rotatable bonds is 5. The maximum absolute atomic E-state index is 13.4. The molecule has 2 aromatic rings. The molecular weight excluding hydrogens is 418 g/mol. The van der Waals surface area contributed by atoms with Crippen molar-refractivity contribution in [1.29, 1.82) is 0 Å². The summed E-state index contributed by atoms with van der Waals surface area (Å²) in [4.78, 5) is 37.7. The van der Waals surface area contributed by atoms with Gasteiger partial charge in [-0.25, -0.2) is 4.98 Å². The number of piperazine rings is 1. The van der Waals surface area contributed by atoms with Crippen LogP contribution in [0.5, 0.6) is 0 Å². The number of carbonyl (C=O) groups excluding carboxylic acids is 1. The molecule has 2 aliphatic heterocycles. The van der Waals surface area contributed by atoms with Gasteiger partial charge in [-0.1, -0.05) is 43.9 Å². The van der Waals surface area contributed by atoms with Gasteiger partial charge in [0.15, 0.2) is 0 Å². The molecule has 9 heteroatoms. The normalized spacial score (nSPS) is 19.5. The van der Waals surface area contributed by atoms with Crippen LogP contribution < -0.4 is 10.5 Å². The summed E-state index contributed by atoms with van der Waals surface area (Å²) in [5.74, 6) is 0.508. The van der Waals surface area contributed by atoms with Crippen LogP contribution in [0.15, 0.2) is 34.1 Å². The topological polar surface area (TPSA) is 61.2 Å². The predicted octanol–water partition coefficient (Wildman–Crippen LogP) is 2.45. The third-order valence-corrected chi connectivity index (χ3v) is 6.84. The summed E-state index contributed by atoms with van der Waals surface area (Å²) >= 11 is 6.64. The SMILES string of the molecule is CCCN1C(=O)/C(=C\c2c(N3CCN(CC)CC3)nc3ccccn3c2=O)SC1=S. The van der Waals surface area contributed by atoms with Crippen LogP contribution in [0, 0.1) is 0 Å². The lowest BCUT2D eigenvalue weighted by atomic mass is 10.2. The van der Waals surface area contributed by atoms with Crippen LogP contribution in [0.2, 0.25) is 0 Å². The minimum atomic E-state index is -0.172. The molecule has 4 rings (SSSR count). The van der Waals surface area contributed by atoms with Crippen LogP contribution >= 0.6 is 24.0 Å². The lowest BCUT2D eigenvalue weighted by molar-refractivity contribution is -0.122. The Labute approximate surface area is 185 Å². The maximum Gasteiger partial charge on any atom is 0.267 e. The van der Waals surface area contributed by atoms with Crippen molar-refractivity contribution in [2.24, 2.45) is 0 Å². The average Bonchev–Trinajstić information content (AvgIpc) is 3.03. The first-order chi connectivity index (χ1) is 14.5. The quantitative estimate of drug-likeness (QED) is 0.520. The summed E-state index contributed by atoms with van der Waals surface area (Å²) in [5.41, 5.74) is 0.876. The minimum absolute atomic E-state index is 0.133. The zero-order valence-electron chi connectivity index (χ0n) is 17.2. The molecule has 0 radical (unpaired) electrons. The number of amides is 1. The molecule has 2 aliphatic rings. The van der Waals surface area contributed by atoms with Crippen molar-refractivity contribution in [3.05, 3.63) is 45.2 Å². The van der Waals surface area contributed by atoms with E-state index in [1.807, 2.05) is 19.1 Å². The van der Waals surface area contributed by atoms with E-state index in [1.54, 1.807) is 23.2 Å². The molecule has 0 N–H and O–H groups in total. The summed E-state index contributed by atoms with van der Waals surface area (Å²) in [7, 11) is 0. The van der Waals surface area contributed by atoms with Crippen molar-refractivity contribution < 1.29 is 4.79 Å². The Kier molecular flexibility index (Phi) is 6.21. The number of thiocarbonyl (C=S) groups is 1. The monoisotopic (exact) mass is 443 g/mol. The fraction of sp³-hybridized carbons (Fsp3) is 0.429. The van der Waals surface area contributed by atoms with Gasteiger partial charge in [0, 0.05) is 38.9 Å². The zero-order chi connectivity index (χ0) is 21.3. The second-order valence-electron chi connectivity index (χ2n) is 7.34. The largest absolute Gasteiger partial charge is 0.353 e. The summed E-state index contributed by atoms with van der Waals surface area (Å²) < 4.78 is 2.07. The first-order valence-corrected chi connectivity index (χ1v) is 11.5. The van der Waals surface area contributed by atoms with Crippen molar-refractivity contribution in [2.75, 3.05) is 44.2 Å². The van der Waals surface area contributed by atoms with Crippen LogP contribution in [0.4, 0.5) is 5.82 Å². The number of likely N-dealkylation sites (N-methyl/N-ethyl adjacent to an activating group) is 1. The van der Waals surface area contributed by atoms with Crippen LogP contribution in [0.25, 0.3) is 11.7 Å². The Morgan fingerprint density at radius 2 is 1.93 bits per heavy atom. The predicted molar refractivity (Wildman–Crippen MR) is 126 cm³/mol. The molecule has 0 spiro atoms. The lowest BCUT2D eigenvalue weighted by Gasteiger charge is -2.35. The number of nitrogens with zero attached hydrogens (tertiary/aromatic N) is 5. The molecule has 0 aromatic carbocycles. The van der Waals surface area contributed by atoms with Gasteiger partial charge in [-0.05, 0) is 31.2 Å². The smallest absolute Gasteiger partial charge is 0.267 e. The first kappa shape index (κ1) is 21.0. The standard InChI is InChI=1S/C21H25N5O2S2/c1-3-8-26-20(28)16(30-21(26)29)14-15-18(24-12-10-23(4-2)11-13-24)22-17-7-5-6-9-25(17)19(15)27/h5-7,9,14H,3-4,8,10-13H2,1-2H3/b16-14+. The van der Waals surface area contributed by atoms with E-state index in [1.165, 1.54) is 16.2 Å². The van der Waals surface area contributed by atoms with Crippen molar-refractivity contribution >= 4 is 51.7 Å². The van der Waals surface area contributed by atoms with E-state index >= 15 is 0 Å². The van der Waals surface area contributed by atoms with Crippen molar-refractivity contribution in [3.8, 4) is 0 Å². The van der Waals surface area contributed by atoms with Gasteiger partial charge in [0.05, 0.1) is 10.5 Å². The fourth-order valence-electron chi connectivity index (χ4n) is 3.78. The van der Waals surface area contributed by atoms with Gasteiger partial charge in [-0.3, -0.25) is 18.9 Å². The van der Waals surface area contributed by atoms with E-state index in [2.05, 4.69) is 16.7 Å². The molecule has 0 atom stereocenters. The highest BCUT2D eigenvalue weighted by atomic mass is 32.2. The second kappa shape index (κ2) is 8.87.